The number of carbonyl (C=O) groups is 1. The SMILES string of the molecule is CCCc1c(C(=O)N2CCCN(Cc3csc(C)n3)CC2)cnn1-c1ccccc1. The molecule has 2 aromatic heterocycles. The van der Waals surface area contributed by atoms with Crippen molar-refractivity contribution in [1.82, 2.24) is 24.6 Å². The minimum Gasteiger partial charge on any atom is -0.337 e. The van der Waals surface area contributed by atoms with E-state index in [-0.39, 0.29) is 5.91 Å². The van der Waals surface area contributed by atoms with Crippen LogP contribution in [-0.2, 0) is 13.0 Å². The number of hydrogen-bond donors (Lipinski definition) is 0. The number of benzene rings is 1. The molecular formula is C23H29N5OS. The van der Waals surface area contributed by atoms with Gasteiger partial charge in [0, 0.05) is 38.1 Å². The summed E-state index contributed by atoms with van der Waals surface area (Å²) >= 11 is 1.70. The van der Waals surface area contributed by atoms with E-state index in [0.29, 0.717) is 0 Å². The molecule has 1 aliphatic rings. The maximum absolute atomic E-state index is 13.4. The van der Waals surface area contributed by atoms with Gasteiger partial charge in [-0.1, -0.05) is 31.5 Å². The van der Waals surface area contributed by atoms with Gasteiger partial charge in [-0.2, -0.15) is 5.10 Å². The molecule has 0 N–H and O–H groups in total. The van der Waals surface area contributed by atoms with Gasteiger partial charge in [0.05, 0.1) is 33.8 Å². The second-order valence-electron chi connectivity index (χ2n) is 7.78. The van der Waals surface area contributed by atoms with Crippen LogP contribution in [0.25, 0.3) is 5.69 Å². The maximum Gasteiger partial charge on any atom is 0.257 e. The molecule has 6 nitrogen and oxygen atoms in total. The van der Waals surface area contributed by atoms with Gasteiger partial charge in [-0.05, 0) is 31.9 Å². The summed E-state index contributed by atoms with van der Waals surface area (Å²) in [6.45, 7) is 8.43. The Morgan fingerprint density at radius 3 is 2.70 bits per heavy atom. The van der Waals surface area contributed by atoms with Crippen molar-refractivity contribution in [3.63, 3.8) is 0 Å². The van der Waals surface area contributed by atoms with Crippen molar-refractivity contribution in [2.75, 3.05) is 26.2 Å². The molecule has 30 heavy (non-hydrogen) atoms. The first-order chi connectivity index (χ1) is 14.7. The number of hydrogen-bond acceptors (Lipinski definition) is 5. The number of para-hydroxylation sites is 1. The van der Waals surface area contributed by atoms with Crippen molar-refractivity contribution in [3.8, 4) is 5.69 Å². The smallest absolute Gasteiger partial charge is 0.257 e. The normalized spacial score (nSPS) is 15.3. The molecule has 3 aromatic rings. The fourth-order valence-electron chi connectivity index (χ4n) is 4.03. The molecule has 1 fully saturated rings. The second kappa shape index (κ2) is 9.53. The van der Waals surface area contributed by atoms with Crippen molar-refractivity contribution in [3.05, 3.63) is 63.9 Å². The third-order valence-electron chi connectivity index (χ3n) is 5.51. The zero-order valence-electron chi connectivity index (χ0n) is 17.8. The first-order valence-electron chi connectivity index (χ1n) is 10.7. The zero-order valence-corrected chi connectivity index (χ0v) is 18.6. The number of aromatic nitrogens is 3. The molecule has 1 aliphatic heterocycles. The molecule has 0 unspecified atom stereocenters. The van der Waals surface area contributed by atoms with Gasteiger partial charge in [0.2, 0.25) is 0 Å². The summed E-state index contributed by atoms with van der Waals surface area (Å²) in [4.78, 5) is 22.4. The number of aryl methyl sites for hydroxylation is 1. The molecule has 0 aliphatic carbocycles. The van der Waals surface area contributed by atoms with Crippen LogP contribution in [0.3, 0.4) is 0 Å². The highest BCUT2D eigenvalue weighted by Gasteiger charge is 2.25. The van der Waals surface area contributed by atoms with Crippen LogP contribution in [0.4, 0.5) is 0 Å². The molecule has 1 aromatic carbocycles. The second-order valence-corrected chi connectivity index (χ2v) is 8.84. The average molecular weight is 424 g/mol. The van der Waals surface area contributed by atoms with E-state index in [0.717, 1.165) is 79.6 Å². The van der Waals surface area contributed by atoms with E-state index in [1.807, 2.05) is 46.8 Å². The molecule has 0 atom stereocenters. The molecule has 0 saturated carbocycles. The highest BCUT2D eigenvalue weighted by Crippen LogP contribution is 2.20. The van der Waals surface area contributed by atoms with Crippen LogP contribution in [0.1, 0.15) is 46.5 Å². The van der Waals surface area contributed by atoms with Crippen molar-refractivity contribution < 1.29 is 4.79 Å². The van der Waals surface area contributed by atoms with Crippen LogP contribution in [0.5, 0.6) is 0 Å². The molecule has 1 saturated heterocycles. The van der Waals surface area contributed by atoms with Crippen LogP contribution in [0.15, 0.2) is 41.9 Å². The van der Waals surface area contributed by atoms with Gasteiger partial charge >= 0.3 is 0 Å². The molecule has 1 amide bonds. The lowest BCUT2D eigenvalue weighted by molar-refractivity contribution is 0.0760. The fourth-order valence-corrected chi connectivity index (χ4v) is 4.64. The summed E-state index contributed by atoms with van der Waals surface area (Å²) in [6, 6.07) is 10.1. The summed E-state index contributed by atoms with van der Waals surface area (Å²) < 4.78 is 1.92. The van der Waals surface area contributed by atoms with E-state index in [1.165, 1.54) is 0 Å². The topological polar surface area (TPSA) is 54.3 Å². The largest absolute Gasteiger partial charge is 0.337 e. The Balaban J connectivity index is 1.48. The third-order valence-corrected chi connectivity index (χ3v) is 6.34. The lowest BCUT2D eigenvalue weighted by Crippen LogP contribution is -2.35. The van der Waals surface area contributed by atoms with Gasteiger partial charge in [-0.15, -0.1) is 11.3 Å². The predicted octanol–water partition coefficient (Wildman–Crippen LogP) is 3.94. The molecule has 4 rings (SSSR count). The minimum absolute atomic E-state index is 0.104. The standard InChI is InChI=1S/C23H29N5OS/c1-3-8-22-21(15-24-28(22)20-9-5-4-6-10-20)23(29)27-12-7-11-26(13-14-27)16-19-17-30-18(2)25-19/h4-6,9-10,15,17H,3,7-8,11-14,16H2,1-2H3. The predicted molar refractivity (Wildman–Crippen MR) is 120 cm³/mol. The Labute approximate surface area is 182 Å². The van der Waals surface area contributed by atoms with Gasteiger partial charge < -0.3 is 4.90 Å². The van der Waals surface area contributed by atoms with Gasteiger partial charge in [0.1, 0.15) is 0 Å². The first-order valence-corrected chi connectivity index (χ1v) is 11.6. The summed E-state index contributed by atoms with van der Waals surface area (Å²) in [5.74, 6) is 0.104. The molecular weight excluding hydrogens is 394 g/mol. The molecule has 0 radical (unpaired) electrons. The zero-order chi connectivity index (χ0) is 20.9. The first kappa shape index (κ1) is 20.8. The quantitative estimate of drug-likeness (QED) is 0.603. The van der Waals surface area contributed by atoms with Crippen molar-refractivity contribution in [1.29, 1.82) is 0 Å². The molecule has 3 heterocycles. The van der Waals surface area contributed by atoms with Crippen molar-refractivity contribution >= 4 is 17.2 Å². The van der Waals surface area contributed by atoms with Crippen LogP contribution in [-0.4, -0.2) is 56.7 Å². The number of amides is 1. The van der Waals surface area contributed by atoms with Crippen LogP contribution < -0.4 is 0 Å². The Hall–Kier alpha value is -2.51. The Morgan fingerprint density at radius 1 is 1.13 bits per heavy atom. The summed E-state index contributed by atoms with van der Waals surface area (Å²) in [5.41, 5.74) is 3.88. The summed E-state index contributed by atoms with van der Waals surface area (Å²) in [7, 11) is 0. The third kappa shape index (κ3) is 4.63. The van der Waals surface area contributed by atoms with Gasteiger partial charge in [0.15, 0.2) is 0 Å². The van der Waals surface area contributed by atoms with E-state index in [2.05, 4.69) is 27.3 Å². The van der Waals surface area contributed by atoms with Crippen molar-refractivity contribution in [2.45, 2.75) is 39.7 Å². The van der Waals surface area contributed by atoms with Crippen molar-refractivity contribution in [2.24, 2.45) is 0 Å². The molecule has 0 spiro atoms. The monoisotopic (exact) mass is 423 g/mol. The van der Waals surface area contributed by atoms with E-state index < -0.39 is 0 Å². The molecule has 0 bridgehead atoms. The minimum atomic E-state index is 0.104. The molecule has 158 valence electrons. The van der Waals surface area contributed by atoms with E-state index in [1.54, 1.807) is 17.5 Å². The van der Waals surface area contributed by atoms with E-state index in [9.17, 15) is 4.79 Å². The van der Waals surface area contributed by atoms with Crippen LogP contribution >= 0.6 is 11.3 Å². The van der Waals surface area contributed by atoms with Gasteiger partial charge in [-0.3, -0.25) is 9.69 Å². The van der Waals surface area contributed by atoms with Crippen LogP contribution in [0.2, 0.25) is 0 Å². The highest BCUT2D eigenvalue weighted by molar-refractivity contribution is 7.09. The summed E-state index contributed by atoms with van der Waals surface area (Å²) in [6.07, 6.45) is 4.53. The number of rotatable bonds is 6. The number of carbonyl (C=O) groups excluding carboxylic acids is 1. The Kier molecular flexibility index (Phi) is 6.59. The lowest BCUT2D eigenvalue weighted by Gasteiger charge is -2.22. The average Bonchev–Trinajstić information content (AvgIpc) is 3.28. The van der Waals surface area contributed by atoms with Gasteiger partial charge in [0.25, 0.3) is 5.91 Å². The fraction of sp³-hybridized carbons (Fsp3) is 0.435. The Bertz CT molecular complexity index is 981. The molecule has 7 heteroatoms. The maximum atomic E-state index is 13.4. The van der Waals surface area contributed by atoms with E-state index in [4.69, 9.17) is 0 Å². The highest BCUT2D eigenvalue weighted by atomic mass is 32.1. The number of nitrogens with zero attached hydrogens (tertiary/aromatic N) is 5. The lowest BCUT2D eigenvalue weighted by atomic mass is 10.1. The van der Waals surface area contributed by atoms with Crippen LogP contribution in [0, 0.1) is 6.92 Å². The Morgan fingerprint density at radius 2 is 1.97 bits per heavy atom. The summed E-state index contributed by atoms with van der Waals surface area (Å²) in [5, 5.41) is 7.81. The van der Waals surface area contributed by atoms with E-state index >= 15 is 0 Å². The van der Waals surface area contributed by atoms with Gasteiger partial charge in [-0.25, -0.2) is 9.67 Å². The number of thiazole rings is 1.